The molecule has 0 aliphatic rings. The Kier molecular flexibility index (Phi) is 5.61. The largest absolute Gasteiger partial charge is 0.492 e. The van der Waals surface area contributed by atoms with E-state index >= 15 is 0 Å². The van der Waals surface area contributed by atoms with Gasteiger partial charge in [0.15, 0.2) is 11.5 Å². The summed E-state index contributed by atoms with van der Waals surface area (Å²) in [5.41, 5.74) is 2.73. The second-order valence-electron chi connectivity index (χ2n) is 5.37. The topological polar surface area (TPSA) is 31.4 Å². The molecule has 0 aliphatic heterocycles. The van der Waals surface area contributed by atoms with Crippen molar-refractivity contribution in [3.05, 3.63) is 63.2 Å². The third-order valence-electron chi connectivity index (χ3n) is 3.66. The summed E-state index contributed by atoms with van der Waals surface area (Å²) < 4.78 is 11.9. The maximum atomic E-state index is 6.05. The first-order valence-corrected chi connectivity index (χ1v) is 9.02. The van der Waals surface area contributed by atoms with Crippen molar-refractivity contribution in [2.75, 3.05) is 13.7 Å². The molecule has 0 radical (unpaired) electrons. The molecule has 0 atom stereocenters. The molecule has 25 heavy (non-hydrogen) atoms. The Morgan fingerprint density at radius 1 is 1.12 bits per heavy atom. The van der Waals surface area contributed by atoms with Gasteiger partial charge in [-0.1, -0.05) is 29.8 Å². The molecule has 1 aromatic heterocycles. The lowest BCUT2D eigenvalue weighted by molar-refractivity contribution is 0.310. The minimum atomic E-state index is 0.572. The second-order valence-corrected chi connectivity index (χ2v) is 6.66. The zero-order valence-corrected chi connectivity index (χ0v) is 16.3. The summed E-state index contributed by atoms with van der Waals surface area (Å²) in [7, 11) is 1.63. The Labute approximate surface area is 160 Å². The van der Waals surface area contributed by atoms with Crippen LogP contribution in [0, 0.1) is 0 Å². The molecule has 128 valence electrons. The van der Waals surface area contributed by atoms with E-state index in [1.807, 2.05) is 61.5 Å². The Balaban J connectivity index is 1.93. The van der Waals surface area contributed by atoms with E-state index < -0.39 is 0 Å². The van der Waals surface area contributed by atoms with Crippen LogP contribution in [-0.2, 0) is 0 Å². The second kappa shape index (κ2) is 7.89. The highest BCUT2D eigenvalue weighted by molar-refractivity contribution is 9.10. The number of fused-ring (bicyclic) bond motifs is 1. The van der Waals surface area contributed by atoms with Gasteiger partial charge in [0.2, 0.25) is 0 Å². The molecule has 0 saturated heterocycles. The Bertz CT molecular complexity index is 940. The van der Waals surface area contributed by atoms with E-state index in [1.54, 1.807) is 7.11 Å². The maximum Gasteiger partial charge on any atom is 0.174 e. The molecule has 0 spiro atoms. The van der Waals surface area contributed by atoms with Crippen molar-refractivity contribution in [3.8, 4) is 11.5 Å². The van der Waals surface area contributed by atoms with Gasteiger partial charge in [0.05, 0.1) is 29.4 Å². The number of methoxy groups -OCH3 is 1. The number of benzene rings is 2. The molecule has 1 heterocycles. The molecule has 3 nitrogen and oxygen atoms in total. The lowest BCUT2D eigenvalue weighted by Crippen LogP contribution is -1.96. The maximum absolute atomic E-state index is 6.05. The van der Waals surface area contributed by atoms with Gasteiger partial charge >= 0.3 is 0 Å². The SMILES string of the molecule is CCOc1cc(/C=C/c2ccc3ccc(Cl)cc3n2)cc(Br)c1OC. The van der Waals surface area contributed by atoms with Crippen molar-refractivity contribution in [3.63, 3.8) is 0 Å². The summed E-state index contributed by atoms with van der Waals surface area (Å²) in [4.78, 5) is 4.63. The highest BCUT2D eigenvalue weighted by Crippen LogP contribution is 2.37. The van der Waals surface area contributed by atoms with Crippen molar-refractivity contribution < 1.29 is 9.47 Å². The zero-order chi connectivity index (χ0) is 17.8. The molecule has 3 aromatic rings. The van der Waals surface area contributed by atoms with E-state index in [-0.39, 0.29) is 0 Å². The first-order valence-electron chi connectivity index (χ1n) is 7.85. The lowest BCUT2D eigenvalue weighted by Gasteiger charge is -2.12. The third kappa shape index (κ3) is 4.14. The zero-order valence-electron chi connectivity index (χ0n) is 13.9. The number of nitrogens with zero attached hydrogens (tertiary/aromatic N) is 1. The summed E-state index contributed by atoms with van der Waals surface area (Å²) in [6, 6.07) is 13.6. The van der Waals surface area contributed by atoms with E-state index in [2.05, 4.69) is 20.9 Å². The Morgan fingerprint density at radius 3 is 2.68 bits per heavy atom. The van der Waals surface area contributed by atoms with Gasteiger partial charge in [-0.3, -0.25) is 0 Å². The van der Waals surface area contributed by atoms with Crippen molar-refractivity contribution in [2.24, 2.45) is 0 Å². The van der Waals surface area contributed by atoms with Gasteiger partial charge in [-0.15, -0.1) is 0 Å². The Hall–Kier alpha value is -2.04. The minimum Gasteiger partial charge on any atom is -0.492 e. The van der Waals surface area contributed by atoms with Gasteiger partial charge in [-0.25, -0.2) is 4.98 Å². The highest BCUT2D eigenvalue weighted by atomic mass is 79.9. The van der Waals surface area contributed by atoms with Crippen molar-refractivity contribution in [1.82, 2.24) is 4.98 Å². The van der Waals surface area contributed by atoms with E-state index in [0.29, 0.717) is 23.1 Å². The molecule has 5 heteroatoms. The fraction of sp³-hybridized carbons (Fsp3) is 0.150. The number of pyridine rings is 1. The lowest BCUT2D eigenvalue weighted by atomic mass is 10.1. The molecule has 0 N–H and O–H groups in total. The van der Waals surface area contributed by atoms with Crippen LogP contribution in [-0.4, -0.2) is 18.7 Å². The summed E-state index contributed by atoms with van der Waals surface area (Å²) in [5, 5.41) is 1.74. The average Bonchev–Trinajstić information content (AvgIpc) is 2.59. The van der Waals surface area contributed by atoms with E-state index in [1.165, 1.54) is 0 Å². The number of halogens is 2. The minimum absolute atomic E-state index is 0.572. The third-order valence-corrected chi connectivity index (χ3v) is 4.48. The average molecular weight is 419 g/mol. The number of rotatable bonds is 5. The first kappa shape index (κ1) is 17.8. The van der Waals surface area contributed by atoms with Gasteiger partial charge < -0.3 is 9.47 Å². The van der Waals surface area contributed by atoms with Gasteiger partial charge in [-0.2, -0.15) is 0 Å². The molecule has 0 saturated carbocycles. The highest BCUT2D eigenvalue weighted by Gasteiger charge is 2.10. The van der Waals surface area contributed by atoms with Crippen LogP contribution in [0.4, 0.5) is 0 Å². The van der Waals surface area contributed by atoms with Crippen LogP contribution in [0.5, 0.6) is 11.5 Å². The molecule has 0 fully saturated rings. The normalized spacial score (nSPS) is 11.2. The molecule has 0 amide bonds. The van der Waals surface area contributed by atoms with Gasteiger partial charge in [0.25, 0.3) is 0 Å². The van der Waals surface area contributed by atoms with Crippen LogP contribution in [0.1, 0.15) is 18.2 Å². The molecule has 3 rings (SSSR count). The number of hydrogen-bond acceptors (Lipinski definition) is 3. The standard InChI is InChI=1S/C20H17BrClNO2/c1-3-25-19-11-13(10-17(21)20(19)24-2)4-8-16-9-6-14-5-7-15(22)12-18(14)23-16/h4-12H,3H2,1-2H3/b8-4+. The van der Waals surface area contributed by atoms with Crippen LogP contribution < -0.4 is 9.47 Å². The summed E-state index contributed by atoms with van der Waals surface area (Å²) in [6.45, 7) is 2.52. The predicted octanol–water partition coefficient (Wildman–Crippen LogP) is 6.23. The van der Waals surface area contributed by atoms with Crippen LogP contribution in [0.3, 0.4) is 0 Å². The summed E-state index contributed by atoms with van der Waals surface area (Å²) >= 11 is 9.57. The fourth-order valence-corrected chi connectivity index (χ4v) is 3.31. The van der Waals surface area contributed by atoms with Crippen LogP contribution in [0.15, 0.2) is 46.9 Å². The van der Waals surface area contributed by atoms with Crippen molar-refractivity contribution >= 4 is 50.6 Å². The summed E-state index contributed by atoms with van der Waals surface area (Å²) in [5.74, 6) is 1.40. The number of ether oxygens (including phenoxy) is 2. The van der Waals surface area contributed by atoms with Crippen molar-refractivity contribution in [1.29, 1.82) is 0 Å². The summed E-state index contributed by atoms with van der Waals surface area (Å²) in [6.07, 6.45) is 3.95. The van der Waals surface area contributed by atoms with E-state index in [0.717, 1.165) is 26.6 Å². The van der Waals surface area contributed by atoms with Crippen molar-refractivity contribution in [2.45, 2.75) is 6.92 Å². The molecular formula is C20H17BrClNO2. The Morgan fingerprint density at radius 2 is 1.92 bits per heavy atom. The van der Waals surface area contributed by atoms with Crippen LogP contribution >= 0.6 is 27.5 Å². The van der Waals surface area contributed by atoms with Crippen LogP contribution in [0.25, 0.3) is 23.1 Å². The number of hydrogen-bond donors (Lipinski definition) is 0. The first-order chi connectivity index (χ1) is 12.1. The van der Waals surface area contributed by atoms with E-state index in [9.17, 15) is 0 Å². The van der Waals surface area contributed by atoms with Gasteiger partial charge in [-0.05, 0) is 64.8 Å². The van der Waals surface area contributed by atoms with Gasteiger partial charge in [0, 0.05) is 10.4 Å². The van der Waals surface area contributed by atoms with Crippen LogP contribution in [0.2, 0.25) is 5.02 Å². The number of aromatic nitrogens is 1. The molecule has 0 aliphatic carbocycles. The smallest absolute Gasteiger partial charge is 0.174 e. The molecular weight excluding hydrogens is 402 g/mol. The molecule has 0 bridgehead atoms. The molecule has 2 aromatic carbocycles. The fourth-order valence-electron chi connectivity index (χ4n) is 2.53. The predicted molar refractivity (Wildman–Crippen MR) is 108 cm³/mol. The monoisotopic (exact) mass is 417 g/mol. The van der Waals surface area contributed by atoms with E-state index in [4.69, 9.17) is 21.1 Å². The van der Waals surface area contributed by atoms with Gasteiger partial charge in [0.1, 0.15) is 0 Å². The molecule has 0 unspecified atom stereocenters. The quantitative estimate of drug-likeness (QED) is 0.492.